The first-order valence-corrected chi connectivity index (χ1v) is 10.7. The van der Waals surface area contributed by atoms with Gasteiger partial charge in [-0.05, 0) is 51.8 Å². The molecule has 0 radical (unpaired) electrons. The van der Waals surface area contributed by atoms with Crippen molar-refractivity contribution in [2.75, 3.05) is 38.1 Å². The minimum atomic E-state index is -0.0910. The van der Waals surface area contributed by atoms with Crippen LogP contribution in [0.25, 0.3) is 10.2 Å². The Morgan fingerprint density at radius 2 is 1.96 bits per heavy atom. The van der Waals surface area contributed by atoms with Crippen molar-refractivity contribution in [3.8, 4) is 5.75 Å². The van der Waals surface area contributed by atoms with E-state index in [9.17, 15) is 9.59 Å². The lowest BCUT2D eigenvalue weighted by Gasteiger charge is -2.34. The molecule has 0 saturated carbocycles. The maximum absolute atomic E-state index is 12.7. The van der Waals surface area contributed by atoms with Gasteiger partial charge in [0, 0.05) is 32.1 Å². The van der Waals surface area contributed by atoms with E-state index in [0.717, 1.165) is 16.0 Å². The van der Waals surface area contributed by atoms with Gasteiger partial charge in [-0.25, -0.2) is 9.78 Å². The van der Waals surface area contributed by atoms with Gasteiger partial charge in [0.15, 0.2) is 5.13 Å². The fourth-order valence-electron chi connectivity index (χ4n) is 3.45. The predicted molar refractivity (Wildman–Crippen MR) is 112 cm³/mol. The highest BCUT2D eigenvalue weighted by Gasteiger charge is 2.29. The van der Waals surface area contributed by atoms with Crippen LogP contribution in [0.2, 0.25) is 0 Å². The number of likely N-dealkylation sites (tertiary alicyclic amines) is 1. The third-order valence-corrected chi connectivity index (χ3v) is 6.00. The van der Waals surface area contributed by atoms with Crippen molar-refractivity contribution in [1.82, 2.24) is 14.8 Å². The lowest BCUT2D eigenvalue weighted by atomic mass is 9.96. The summed E-state index contributed by atoms with van der Waals surface area (Å²) in [5, 5.41) is 3.56. The number of fused-ring (bicyclic) bond motifs is 1. The number of benzene rings is 1. The fraction of sp³-hybridized carbons (Fsp3) is 0.550. The number of hydrogen-bond acceptors (Lipinski definition) is 5. The molecule has 152 valence electrons. The van der Waals surface area contributed by atoms with Gasteiger partial charge in [0.25, 0.3) is 0 Å². The Morgan fingerprint density at radius 1 is 1.25 bits per heavy atom. The predicted octanol–water partition coefficient (Wildman–Crippen LogP) is 3.81. The molecule has 1 N–H and O–H groups in total. The molecule has 1 aromatic heterocycles. The molecule has 28 heavy (non-hydrogen) atoms. The number of thiazole rings is 1. The minimum absolute atomic E-state index is 0.0148. The molecule has 1 aliphatic heterocycles. The van der Waals surface area contributed by atoms with Crippen molar-refractivity contribution in [3.63, 3.8) is 0 Å². The van der Waals surface area contributed by atoms with Crippen molar-refractivity contribution in [2.24, 2.45) is 5.92 Å². The van der Waals surface area contributed by atoms with E-state index in [0.29, 0.717) is 50.8 Å². The molecule has 0 unspecified atom stereocenters. The summed E-state index contributed by atoms with van der Waals surface area (Å²) in [5.41, 5.74) is 0.850. The minimum Gasteiger partial charge on any atom is -0.494 e. The summed E-state index contributed by atoms with van der Waals surface area (Å²) < 4.78 is 6.50. The van der Waals surface area contributed by atoms with Crippen LogP contribution in [0.1, 0.15) is 33.6 Å². The number of rotatable bonds is 6. The number of ether oxygens (including phenoxy) is 1. The van der Waals surface area contributed by atoms with Gasteiger partial charge in [-0.1, -0.05) is 11.3 Å². The Balaban J connectivity index is 1.57. The van der Waals surface area contributed by atoms with E-state index in [1.807, 2.05) is 48.8 Å². The molecule has 2 aromatic rings. The van der Waals surface area contributed by atoms with Crippen molar-refractivity contribution in [3.05, 3.63) is 18.2 Å². The Labute approximate surface area is 169 Å². The van der Waals surface area contributed by atoms with Crippen LogP contribution in [0.5, 0.6) is 5.75 Å². The number of amides is 3. The van der Waals surface area contributed by atoms with Crippen LogP contribution in [-0.4, -0.2) is 59.5 Å². The molecule has 8 heteroatoms. The largest absolute Gasteiger partial charge is 0.494 e. The van der Waals surface area contributed by atoms with Crippen molar-refractivity contribution in [1.29, 1.82) is 0 Å². The second-order valence-corrected chi connectivity index (χ2v) is 7.82. The monoisotopic (exact) mass is 404 g/mol. The molecule has 1 aliphatic rings. The maximum Gasteiger partial charge on any atom is 0.319 e. The third-order valence-electron chi connectivity index (χ3n) is 5.07. The molecule has 0 spiro atoms. The van der Waals surface area contributed by atoms with Gasteiger partial charge in [-0.15, -0.1) is 0 Å². The number of urea groups is 1. The summed E-state index contributed by atoms with van der Waals surface area (Å²) in [6.07, 6.45) is 1.36. The highest BCUT2D eigenvalue weighted by atomic mass is 32.1. The molecule has 7 nitrogen and oxygen atoms in total. The van der Waals surface area contributed by atoms with Crippen LogP contribution >= 0.6 is 11.3 Å². The third kappa shape index (κ3) is 4.55. The zero-order valence-corrected chi connectivity index (χ0v) is 17.6. The van der Waals surface area contributed by atoms with Crippen LogP contribution in [0.3, 0.4) is 0 Å². The molecule has 1 aromatic carbocycles. The lowest BCUT2D eigenvalue weighted by molar-refractivity contribution is -0.121. The number of carbonyl (C=O) groups excluding carboxylic acids is 2. The Hall–Kier alpha value is -2.35. The van der Waals surface area contributed by atoms with Gasteiger partial charge in [0.1, 0.15) is 5.75 Å². The molecule has 1 saturated heterocycles. The van der Waals surface area contributed by atoms with E-state index in [4.69, 9.17) is 4.74 Å². The topological polar surface area (TPSA) is 74.8 Å². The summed E-state index contributed by atoms with van der Waals surface area (Å²) >= 11 is 1.45. The van der Waals surface area contributed by atoms with Gasteiger partial charge in [-0.2, -0.15) is 0 Å². The average molecular weight is 405 g/mol. The number of hydrogen-bond donors (Lipinski definition) is 1. The fourth-order valence-corrected chi connectivity index (χ4v) is 4.35. The number of carbonyl (C=O) groups is 2. The Kier molecular flexibility index (Phi) is 6.72. The molecular formula is C20H28N4O3S. The van der Waals surface area contributed by atoms with Crippen molar-refractivity contribution < 1.29 is 14.3 Å². The summed E-state index contributed by atoms with van der Waals surface area (Å²) in [7, 11) is 0. The summed E-state index contributed by atoms with van der Waals surface area (Å²) in [5.74, 6) is 0.701. The van der Waals surface area contributed by atoms with E-state index in [1.165, 1.54) is 11.3 Å². The normalized spacial score (nSPS) is 14.9. The van der Waals surface area contributed by atoms with Crippen LogP contribution in [0, 0.1) is 5.92 Å². The van der Waals surface area contributed by atoms with Crippen LogP contribution in [-0.2, 0) is 4.79 Å². The number of nitrogens with zero attached hydrogens (tertiary/aromatic N) is 3. The van der Waals surface area contributed by atoms with Gasteiger partial charge in [0.2, 0.25) is 5.91 Å². The molecule has 3 rings (SSSR count). The molecule has 0 aliphatic carbocycles. The van der Waals surface area contributed by atoms with Crippen LogP contribution in [0.4, 0.5) is 9.93 Å². The maximum atomic E-state index is 12.7. The summed E-state index contributed by atoms with van der Waals surface area (Å²) in [6.45, 7) is 9.17. The molecule has 1 fully saturated rings. The van der Waals surface area contributed by atoms with E-state index >= 15 is 0 Å². The van der Waals surface area contributed by atoms with Gasteiger partial charge >= 0.3 is 6.03 Å². The lowest BCUT2D eigenvalue weighted by Crippen LogP contribution is -2.47. The zero-order chi connectivity index (χ0) is 20.1. The van der Waals surface area contributed by atoms with E-state index in [-0.39, 0.29) is 17.9 Å². The quantitative estimate of drug-likeness (QED) is 0.794. The number of nitrogens with one attached hydrogen (secondary N) is 1. The van der Waals surface area contributed by atoms with E-state index < -0.39 is 0 Å². The first kappa shape index (κ1) is 20.4. The Bertz CT molecular complexity index is 826. The van der Waals surface area contributed by atoms with Crippen molar-refractivity contribution >= 4 is 38.6 Å². The highest BCUT2D eigenvalue weighted by Crippen LogP contribution is 2.30. The summed E-state index contributed by atoms with van der Waals surface area (Å²) in [6, 6.07) is 5.81. The smallest absolute Gasteiger partial charge is 0.319 e. The standard InChI is InChI=1S/C20H28N4O3S/c1-4-23(5-2)20(26)24-11-9-14(10-12-24)18(25)22-19-21-16-8-7-15(27-6-3)13-17(16)28-19/h7-8,13-14H,4-6,9-12H2,1-3H3,(H,21,22,25). The first-order chi connectivity index (χ1) is 13.5. The number of anilines is 1. The first-order valence-electron chi connectivity index (χ1n) is 9.93. The zero-order valence-electron chi connectivity index (χ0n) is 16.7. The molecule has 0 bridgehead atoms. The van der Waals surface area contributed by atoms with Crippen LogP contribution < -0.4 is 10.1 Å². The highest BCUT2D eigenvalue weighted by molar-refractivity contribution is 7.22. The average Bonchev–Trinajstić information content (AvgIpc) is 3.10. The van der Waals surface area contributed by atoms with Crippen molar-refractivity contribution in [2.45, 2.75) is 33.6 Å². The molecule has 2 heterocycles. The van der Waals surface area contributed by atoms with Gasteiger partial charge < -0.3 is 19.9 Å². The SMILES string of the molecule is CCOc1ccc2nc(NC(=O)C3CCN(C(=O)N(CC)CC)CC3)sc2c1. The number of piperidine rings is 1. The van der Waals surface area contributed by atoms with Gasteiger partial charge in [0.05, 0.1) is 16.8 Å². The molecule has 3 amide bonds. The van der Waals surface area contributed by atoms with E-state index in [2.05, 4.69) is 10.3 Å². The Morgan fingerprint density at radius 3 is 2.61 bits per heavy atom. The molecule has 0 atom stereocenters. The van der Waals surface area contributed by atoms with Gasteiger partial charge in [-0.3, -0.25) is 4.79 Å². The second kappa shape index (κ2) is 9.23. The number of aromatic nitrogens is 1. The van der Waals surface area contributed by atoms with E-state index in [1.54, 1.807) is 0 Å². The van der Waals surface area contributed by atoms with Crippen LogP contribution in [0.15, 0.2) is 18.2 Å². The summed E-state index contributed by atoms with van der Waals surface area (Å²) in [4.78, 5) is 33.3. The molecular weight excluding hydrogens is 376 g/mol. The second-order valence-electron chi connectivity index (χ2n) is 6.79.